The van der Waals surface area contributed by atoms with Gasteiger partial charge < -0.3 is 5.11 Å². The van der Waals surface area contributed by atoms with Gasteiger partial charge in [-0.15, -0.1) is 5.10 Å². The van der Waals surface area contributed by atoms with Crippen molar-refractivity contribution in [1.29, 1.82) is 0 Å². The van der Waals surface area contributed by atoms with E-state index in [0.717, 1.165) is 10.9 Å². The second kappa shape index (κ2) is 4.72. The first-order valence-electron chi connectivity index (χ1n) is 6.10. The van der Waals surface area contributed by atoms with Gasteiger partial charge in [-0.25, -0.2) is 4.68 Å². The standard InChI is InChI=1S/C12H12N6O2/c1-7(6-10(19)20)18-12(15-16-17-18)11-8-4-2-3-5-9(8)13-14-11/h2-5,7H,6H2,1H3,(H,13,14)(H,19,20). The lowest BCUT2D eigenvalue weighted by Crippen LogP contribution is -2.13. The van der Waals surface area contributed by atoms with Crippen LogP contribution in [0.2, 0.25) is 0 Å². The number of fused-ring (bicyclic) bond motifs is 1. The van der Waals surface area contributed by atoms with Crippen LogP contribution in [0.4, 0.5) is 0 Å². The fourth-order valence-corrected chi connectivity index (χ4v) is 2.12. The molecule has 0 fully saturated rings. The molecule has 2 N–H and O–H groups in total. The lowest BCUT2D eigenvalue weighted by molar-refractivity contribution is -0.137. The Morgan fingerprint density at radius 3 is 3.05 bits per heavy atom. The number of H-pyrrole nitrogens is 1. The molecule has 2 heterocycles. The van der Waals surface area contributed by atoms with Gasteiger partial charge in [0.2, 0.25) is 5.82 Å². The highest BCUT2D eigenvalue weighted by Gasteiger charge is 2.20. The minimum absolute atomic E-state index is 0.0552. The van der Waals surface area contributed by atoms with E-state index in [1.807, 2.05) is 24.3 Å². The summed E-state index contributed by atoms with van der Waals surface area (Å²) in [6.45, 7) is 1.75. The van der Waals surface area contributed by atoms with E-state index in [1.165, 1.54) is 4.68 Å². The Kier molecular flexibility index (Phi) is 2.90. The van der Waals surface area contributed by atoms with Crippen molar-refractivity contribution in [3.8, 4) is 11.5 Å². The number of rotatable bonds is 4. The average molecular weight is 272 g/mol. The van der Waals surface area contributed by atoms with Gasteiger partial charge in [0.1, 0.15) is 5.69 Å². The number of aromatic nitrogens is 6. The van der Waals surface area contributed by atoms with E-state index in [9.17, 15) is 4.79 Å². The van der Waals surface area contributed by atoms with E-state index in [4.69, 9.17) is 5.11 Å². The van der Waals surface area contributed by atoms with Crippen LogP contribution in [0.15, 0.2) is 24.3 Å². The molecule has 102 valence electrons. The number of carboxylic acid groups (broad SMARTS) is 1. The fraction of sp³-hybridized carbons (Fsp3) is 0.250. The lowest BCUT2D eigenvalue weighted by Gasteiger charge is -2.09. The average Bonchev–Trinajstić information content (AvgIpc) is 3.03. The summed E-state index contributed by atoms with van der Waals surface area (Å²) in [5, 5.41) is 28.4. The summed E-state index contributed by atoms with van der Waals surface area (Å²) in [7, 11) is 0. The molecule has 3 rings (SSSR count). The molecule has 8 nitrogen and oxygen atoms in total. The number of aliphatic carboxylic acids is 1. The largest absolute Gasteiger partial charge is 0.481 e. The topological polar surface area (TPSA) is 110 Å². The number of tetrazole rings is 1. The molecule has 8 heteroatoms. The monoisotopic (exact) mass is 272 g/mol. The molecule has 0 radical (unpaired) electrons. The summed E-state index contributed by atoms with van der Waals surface area (Å²) in [6.07, 6.45) is -0.0552. The Morgan fingerprint density at radius 2 is 2.25 bits per heavy atom. The minimum atomic E-state index is -0.897. The predicted octanol–water partition coefficient (Wildman–Crippen LogP) is 1.25. The zero-order valence-electron chi connectivity index (χ0n) is 10.7. The summed E-state index contributed by atoms with van der Waals surface area (Å²) >= 11 is 0. The van der Waals surface area contributed by atoms with Crippen LogP contribution in [-0.4, -0.2) is 41.5 Å². The van der Waals surface area contributed by atoms with Gasteiger partial charge in [-0.1, -0.05) is 18.2 Å². The molecule has 1 unspecified atom stereocenters. The molecule has 1 aromatic carbocycles. The molecule has 0 aliphatic heterocycles. The van der Waals surface area contributed by atoms with Crippen LogP contribution in [0, 0.1) is 0 Å². The van der Waals surface area contributed by atoms with E-state index < -0.39 is 5.97 Å². The number of carbonyl (C=O) groups is 1. The molecule has 0 aliphatic carbocycles. The highest BCUT2D eigenvalue weighted by Crippen LogP contribution is 2.25. The van der Waals surface area contributed by atoms with Crippen molar-refractivity contribution in [3.63, 3.8) is 0 Å². The van der Waals surface area contributed by atoms with Gasteiger partial charge in [0.25, 0.3) is 0 Å². The van der Waals surface area contributed by atoms with E-state index in [1.54, 1.807) is 6.92 Å². The maximum atomic E-state index is 10.8. The first-order valence-corrected chi connectivity index (χ1v) is 6.10. The van der Waals surface area contributed by atoms with Crippen LogP contribution in [-0.2, 0) is 4.79 Å². The van der Waals surface area contributed by atoms with Crippen molar-refractivity contribution in [3.05, 3.63) is 24.3 Å². The molecule has 1 atom stereocenters. The number of nitrogens with zero attached hydrogens (tertiary/aromatic N) is 5. The molecular weight excluding hydrogens is 260 g/mol. The molecule has 0 aliphatic rings. The molecule has 0 bridgehead atoms. The second-order valence-electron chi connectivity index (χ2n) is 4.51. The number of aromatic amines is 1. The molecule has 2 aromatic heterocycles. The van der Waals surface area contributed by atoms with Crippen LogP contribution in [0.5, 0.6) is 0 Å². The first kappa shape index (κ1) is 12.3. The maximum Gasteiger partial charge on any atom is 0.305 e. The third-order valence-electron chi connectivity index (χ3n) is 3.06. The summed E-state index contributed by atoms with van der Waals surface area (Å²) in [5.74, 6) is -0.443. The van der Waals surface area contributed by atoms with Crippen LogP contribution in [0.25, 0.3) is 22.4 Å². The molecule has 0 spiro atoms. The van der Waals surface area contributed by atoms with E-state index in [0.29, 0.717) is 11.5 Å². The third kappa shape index (κ3) is 2.00. The summed E-state index contributed by atoms with van der Waals surface area (Å²) in [6, 6.07) is 7.26. The molecule has 20 heavy (non-hydrogen) atoms. The SMILES string of the molecule is CC(CC(=O)O)n1nnnc1-c1n[nH]c2ccccc12. The molecule has 3 aromatic rings. The van der Waals surface area contributed by atoms with Crippen LogP contribution >= 0.6 is 0 Å². The first-order chi connectivity index (χ1) is 9.66. The Hall–Kier alpha value is -2.77. The zero-order chi connectivity index (χ0) is 14.1. The van der Waals surface area contributed by atoms with E-state index >= 15 is 0 Å². The molecule has 0 saturated carbocycles. The summed E-state index contributed by atoms with van der Waals surface area (Å²) in [4.78, 5) is 10.8. The fourth-order valence-electron chi connectivity index (χ4n) is 2.12. The Labute approximate surface area is 113 Å². The van der Waals surface area contributed by atoms with Crippen LogP contribution in [0.1, 0.15) is 19.4 Å². The van der Waals surface area contributed by atoms with E-state index in [2.05, 4.69) is 25.7 Å². The molecular formula is C12H12N6O2. The number of para-hydroxylation sites is 1. The van der Waals surface area contributed by atoms with Crippen LogP contribution in [0.3, 0.4) is 0 Å². The van der Waals surface area contributed by atoms with Gasteiger partial charge in [0.15, 0.2) is 0 Å². The van der Waals surface area contributed by atoms with Crippen molar-refractivity contribution in [1.82, 2.24) is 30.4 Å². The quantitative estimate of drug-likeness (QED) is 0.739. The van der Waals surface area contributed by atoms with Crippen LogP contribution < -0.4 is 0 Å². The van der Waals surface area contributed by atoms with Crippen molar-refractivity contribution in [2.75, 3.05) is 0 Å². The van der Waals surface area contributed by atoms with Crippen molar-refractivity contribution in [2.45, 2.75) is 19.4 Å². The number of carboxylic acids is 1. The van der Waals surface area contributed by atoms with E-state index in [-0.39, 0.29) is 12.5 Å². The smallest absolute Gasteiger partial charge is 0.305 e. The Morgan fingerprint density at radius 1 is 1.45 bits per heavy atom. The third-order valence-corrected chi connectivity index (χ3v) is 3.06. The second-order valence-corrected chi connectivity index (χ2v) is 4.51. The minimum Gasteiger partial charge on any atom is -0.481 e. The lowest BCUT2D eigenvalue weighted by atomic mass is 10.2. The predicted molar refractivity (Wildman–Crippen MR) is 69.9 cm³/mol. The number of hydrogen-bond donors (Lipinski definition) is 2. The van der Waals surface area contributed by atoms with Gasteiger partial charge in [-0.2, -0.15) is 5.10 Å². The van der Waals surface area contributed by atoms with Crippen molar-refractivity contribution in [2.24, 2.45) is 0 Å². The highest BCUT2D eigenvalue weighted by atomic mass is 16.4. The molecule has 0 saturated heterocycles. The normalized spacial score (nSPS) is 12.7. The summed E-state index contributed by atoms with van der Waals surface area (Å²) in [5.41, 5.74) is 1.49. The van der Waals surface area contributed by atoms with Gasteiger partial charge >= 0.3 is 5.97 Å². The Bertz CT molecular complexity index is 762. The number of hydrogen-bond acceptors (Lipinski definition) is 5. The zero-order valence-corrected chi connectivity index (χ0v) is 10.7. The van der Waals surface area contributed by atoms with Gasteiger partial charge in [0, 0.05) is 5.39 Å². The van der Waals surface area contributed by atoms with Gasteiger partial charge in [-0.05, 0) is 23.4 Å². The highest BCUT2D eigenvalue weighted by molar-refractivity contribution is 5.90. The molecule has 0 amide bonds. The van der Waals surface area contributed by atoms with Gasteiger partial charge in [0.05, 0.1) is 18.0 Å². The maximum absolute atomic E-state index is 10.8. The number of benzene rings is 1. The number of nitrogens with one attached hydrogen (secondary N) is 1. The Balaban J connectivity index is 2.07. The van der Waals surface area contributed by atoms with Crippen molar-refractivity contribution >= 4 is 16.9 Å². The summed E-state index contributed by atoms with van der Waals surface area (Å²) < 4.78 is 1.48. The van der Waals surface area contributed by atoms with Gasteiger partial charge in [-0.3, -0.25) is 9.89 Å². The van der Waals surface area contributed by atoms with Crippen molar-refractivity contribution < 1.29 is 9.90 Å².